The number of benzene rings is 4. The number of anilines is 1. The van der Waals surface area contributed by atoms with Crippen molar-refractivity contribution in [2.24, 2.45) is 5.92 Å². The molecule has 0 radical (unpaired) electrons. The predicted molar refractivity (Wildman–Crippen MR) is 198 cm³/mol. The van der Waals surface area contributed by atoms with Crippen LogP contribution in [0.4, 0.5) is 10.5 Å². The van der Waals surface area contributed by atoms with E-state index in [9.17, 15) is 9.59 Å². The number of carbonyl (C=O) groups excluding carboxylic acids is 2. The van der Waals surface area contributed by atoms with Crippen LogP contribution in [0.5, 0.6) is 0 Å². The Morgan fingerprint density at radius 2 is 1.54 bits per heavy atom. The second kappa shape index (κ2) is 19.9. The maximum atomic E-state index is 13.2. The monoisotopic (exact) mass is 645 g/mol. The van der Waals surface area contributed by atoms with Gasteiger partial charge in [0.15, 0.2) is 0 Å². The van der Waals surface area contributed by atoms with Crippen LogP contribution in [0.25, 0.3) is 10.8 Å². The summed E-state index contributed by atoms with van der Waals surface area (Å²) in [5.74, 6) is 6.25. The average molecular weight is 646 g/mol. The van der Waals surface area contributed by atoms with Crippen molar-refractivity contribution in [1.29, 1.82) is 0 Å². The molecule has 252 valence electrons. The molecule has 0 bridgehead atoms. The number of hydrogen-bond donors (Lipinski definition) is 2. The minimum absolute atomic E-state index is 0.00944. The highest BCUT2D eigenvalue weighted by Crippen LogP contribution is 2.25. The lowest BCUT2D eigenvalue weighted by Crippen LogP contribution is -2.24. The maximum absolute atomic E-state index is 13.2. The summed E-state index contributed by atoms with van der Waals surface area (Å²) in [5.41, 5.74) is 5.12. The van der Waals surface area contributed by atoms with Crippen molar-refractivity contribution in [2.75, 3.05) is 32.0 Å². The number of amides is 2. The number of rotatable bonds is 17. The largest absolute Gasteiger partial charge is 0.445 e. The summed E-state index contributed by atoms with van der Waals surface area (Å²) in [7, 11) is 2.22. The summed E-state index contributed by atoms with van der Waals surface area (Å²) in [4.78, 5) is 27.6. The minimum atomic E-state index is -0.451. The fourth-order valence-corrected chi connectivity index (χ4v) is 5.72. The van der Waals surface area contributed by atoms with E-state index in [1.54, 1.807) is 0 Å². The molecule has 2 N–H and O–H groups in total. The molecule has 2 amide bonds. The highest BCUT2D eigenvalue weighted by atomic mass is 16.5. The number of alkyl carbamates (subject to hydrolysis) is 1. The average Bonchev–Trinajstić information content (AvgIpc) is 3.11. The molecule has 4 aromatic rings. The third-order valence-electron chi connectivity index (χ3n) is 8.56. The zero-order chi connectivity index (χ0) is 34.0. The van der Waals surface area contributed by atoms with E-state index in [0.717, 1.165) is 52.5 Å². The Hall–Kier alpha value is -4.60. The summed E-state index contributed by atoms with van der Waals surface area (Å²) in [5, 5.41) is 8.02. The van der Waals surface area contributed by atoms with Crippen molar-refractivity contribution < 1.29 is 14.3 Å². The van der Waals surface area contributed by atoms with E-state index in [2.05, 4.69) is 71.7 Å². The molecule has 0 aliphatic carbocycles. The Morgan fingerprint density at radius 3 is 2.31 bits per heavy atom. The lowest BCUT2D eigenvalue weighted by molar-refractivity contribution is -0.119. The van der Waals surface area contributed by atoms with Gasteiger partial charge in [-0.1, -0.05) is 118 Å². The highest BCUT2D eigenvalue weighted by Gasteiger charge is 2.16. The molecule has 1 atom stereocenters. The smallest absolute Gasteiger partial charge is 0.407 e. The lowest BCUT2D eigenvalue weighted by Gasteiger charge is -2.16. The molecule has 0 fully saturated rings. The van der Waals surface area contributed by atoms with Gasteiger partial charge in [0.2, 0.25) is 5.91 Å². The number of hydrogen-bond acceptors (Lipinski definition) is 4. The Kier molecular flexibility index (Phi) is 15.0. The first-order chi connectivity index (χ1) is 23.4. The van der Waals surface area contributed by atoms with Crippen molar-refractivity contribution in [3.8, 4) is 11.8 Å². The summed E-state index contributed by atoms with van der Waals surface area (Å²) in [6, 6.07) is 30.2. The molecule has 48 heavy (non-hydrogen) atoms. The van der Waals surface area contributed by atoms with Crippen LogP contribution in [0.1, 0.15) is 74.6 Å². The van der Waals surface area contributed by atoms with Gasteiger partial charge in [0.1, 0.15) is 6.61 Å². The third-order valence-corrected chi connectivity index (χ3v) is 8.56. The van der Waals surface area contributed by atoms with Crippen LogP contribution in [0, 0.1) is 17.8 Å². The van der Waals surface area contributed by atoms with Gasteiger partial charge in [-0.05, 0) is 91.5 Å². The molecule has 0 aliphatic heterocycles. The van der Waals surface area contributed by atoms with Crippen molar-refractivity contribution >= 4 is 28.5 Å². The molecule has 0 aromatic heterocycles. The van der Waals surface area contributed by atoms with Crippen molar-refractivity contribution in [1.82, 2.24) is 10.2 Å². The van der Waals surface area contributed by atoms with Crippen LogP contribution in [0.3, 0.4) is 0 Å². The van der Waals surface area contributed by atoms with E-state index >= 15 is 0 Å². The van der Waals surface area contributed by atoms with Crippen molar-refractivity contribution in [2.45, 2.75) is 71.8 Å². The maximum Gasteiger partial charge on any atom is 0.407 e. The Bertz CT molecular complexity index is 1640. The van der Waals surface area contributed by atoms with Gasteiger partial charge in [-0.15, -0.1) is 0 Å². The van der Waals surface area contributed by atoms with Crippen LogP contribution in [-0.4, -0.2) is 43.6 Å². The Labute approximate surface area is 287 Å². The van der Waals surface area contributed by atoms with Gasteiger partial charge >= 0.3 is 6.09 Å². The molecule has 6 heteroatoms. The fourth-order valence-electron chi connectivity index (χ4n) is 5.72. The molecule has 6 nitrogen and oxygen atoms in total. The van der Waals surface area contributed by atoms with Crippen LogP contribution < -0.4 is 10.6 Å². The number of unbranched alkanes of at least 4 members (excludes halogenated alkanes) is 3. The number of aryl methyl sites for hydroxylation is 1. The summed E-state index contributed by atoms with van der Waals surface area (Å²) >= 11 is 0. The van der Waals surface area contributed by atoms with E-state index in [1.807, 2.05) is 67.6 Å². The number of nitrogens with one attached hydrogen (secondary N) is 2. The van der Waals surface area contributed by atoms with Gasteiger partial charge in [-0.3, -0.25) is 4.79 Å². The van der Waals surface area contributed by atoms with Gasteiger partial charge in [0.25, 0.3) is 0 Å². The first-order valence-corrected chi connectivity index (χ1v) is 17.4. The second-order valence-electron chi connectivity index (χ2n) is 12.6. The van der Waals surface area contributed by atoms with E-state index in [-0.39, 0.29) is 18.4 Å². The molecular formula is C42H51N3O3. The van der Waals surface area contributed by atoms with E-state index in [0.29, 0.717) is 19.4 Å². The zero-order valence-electron chi connectivity index (χ0n) is 28.9. The highest BCUT2D eigenvalue weighted by molar-refractivity contribution is 5.94. The van der Waals surface area contributed by atoms with Gasteiger partial charge in [-0.25, -0.2) is 4.79 Å². The van der Waals surface area contributed by atoms with E-state index in [1.165, 1.54) is 37.8 Å². The molecule has 0 heterocycles. The molecule has 4 aromatic carbocycles. The normalized spacial score (nSPS) is 11.5. The van der Waals surface area contributed by atoms with Gasteiger partial charge in [0, 0.05) is 30.1 Å². The first-order valence-electron chi connectivity index (χ1n) is 17.4. The van der Waals surface area contributed by atoms with Gasteiger partial charge in [-0.2, -0.15) is 0 Å². The summed E-state index contributed by atoms with van der Waals surface area (Å²) < 4.78 is 5.26. The number of fused-ring (bicyclic) bond motifs is 1. The third kappa shape index (κ3) is 12.2. The first kappa shape index (κ1) is 36.2. The standard InChI is InChI=1S/C42H51N3O3/c1-4-5-6-14-29-45(3)30-15-18-34-22-26-38(27-23-34)44-41(46)33(2)31-37-25-24-36(39-20-10-11-21-40(37)39)19-12-13-28-43-42(47)48-32-35-16-8-7-9-17-35/h7-11,16-17,20-27,33H,4-6,13-15,18,28-32H2,1-3H3,(H,43,47)(H,44,46)/t33-/m0/s1. The summed E-state index contributed by atoms with van der Waals surface area (Å²) in [6.45, 7) is 7.15. The van der Waals surface area contributed by atoms with Crippen LogP contribution >= 0.6 is 0 Å². The molecule has 0 saturated carbocycles. The number of carbonyl (C=O) groups is 2. The topological polar surface area (TPSA) is 70.7 Å². The SMILES string of the molecule is CCCCCCN(C)CCCc1ccc(NC(=O)[C@@H](C)Cc2ccc(C#CCCNC(=O)OCc3ccccc3)c3ccccc23)cc1. The van der Waals surface area contributed by atoms with Gasteiger partial charge in [0.05, 0.1) is 0 Å². The Balaban J connectivity index is 1.23. The zero-order valence-corrected chi connectivity index (χ0v) is 28.9. The van der Waals surface area contributed by atoms with Crippen LogP contribution in [0.2, 0.25) is 0 Å². The van der Waals surface area contributed by atoms with Crippen molar-refractivity contribution in [3.63, 3.8) is 0 Å². The Morgan fingerprint density at radius 1 is 0.812 bits per heavy atom. The molecule has 0 aliphatic rings. The molecule has 0 saturated heterocycles. The second-order valence-corrected chi connectivity index (χ2v) is 12.6. The van der Waals surface area contributed by atoms with Gasteiger partial charge < -0.3 is 20.3 Å². The van der Waals surface area contributed by atoms with Crippen LogP contribution in [0.15, 0.2) is 91.0 Å². The molecule has 0 unspecified atom stereocenters. The summed E-state index contributed by atoms with van der Waals surface area (Å²) in [6.07, 6.45) is 8.06. The number of ether oxygens (including phenoxy) is 1. The van der Waals surface area contributed by atoms with E-state index in [4.69, 9.17) is 4.74 Å². The van der Waals surface area contributed by atoms with E-state index < -0.39 is 6.09 Å². The van der Waals surface area contributed by atoms with Crippen molar-refractivity contribution in [3.05, 3.63) is 113 Å². The molecule has 0 spiro atoms. The minimum Gasteiger partial charge on any atom is -0.445 e. The molecule has 4 rings (SSSR count). The molecular weight excluding hydrogens is 594 g/mol. The number of nitrogens with zero attached hydrogens (tertiary/aromatic N) is 1. The van der Waals surface area contributed by atoms with Crippen LogP contribution in [-0.2, 0) is 29.0 Å². The fraction of sp³-hybridized carbons (Fsp3) is 0.381. The lowest BCUT2D eigenvalue weighted by atomic mass is 9.93. The quantitative estimate of drug-likeness (QED) is 0.0890. The predicted octanol–water partition coefficient (Wildman–Crippen LogP) is 8.77.